The lowest BCUT2D eigenvalue weighted by Crippen LogP contribution is -2.38. The largest absolute Gasteiger partial charge is 0.444 e. The average Bonchev–Trinajstić information content (AvgIpc) is 2.81. The molecule has 1 N–H and O–H groups in total. The normalized spacial score (nSPS) is 22.2. The molecule has 0 saturated carbocycles. The van der Waals surface area contributed by atoms with Crippen LogP contribution in [0.25, 0.3) is 0 Å². The van der Waals surface area contributed by atoms with E-state index in [1.54, 1.807) is 24.3 Å². The number of benzene rings is 1. The highest BCUT2D eigenvalue weighted by Gasteiger charge is 2.40. The minimum atomic E-state index is -1.09. The van der Waals surface area contributed by atoms with Gasteiger partial charge in [-0.05, 0) is 32.8 Å². The Balaban J connectivity index is 2.08. The number of nitrogens with zero attached hydrogens (tertiary/aromatic N) is 1. The van der Waals surface area contributed by atoms with Crippen LogP contribution in [0.3, 0.4) is 0 Å². The Labute approximate surface area is 124 Å². The molecule has 5 heteroatoms. The van der Waals surface area contributed by atoms with Crippen molar-refractivity contribution in [2.75, 3.05) is 13.1 Å². The van der Waals surface area contributed by atoms with Crippen LogP contribution in [0.2, 0.25) is 0 Å². The van der Waals surface area contributed by atoms with Gasteiger partial charge in [-0.25, -0.2) is 4.79 Å². The molecule has 1 aromatic rings. The molecule has 1 saturated heterocycles. The van der Waals surface area contributed by atoms with Crippen LogP contribution < -0.4 is 0 Å². The zero-order chi connectivity index (χ0) is 15.7. The third-order valence-electron chi connectivity index (χ3n) is 3.48. The second-order valence-electron chi connectivity index (χ2n) is 6.42. The number of hydrogen-bond donors (Lipinski definition) is 1. The van der Waals surface area contributed by atoms with Crippen LogP contribution in [0.1, 0.15) is 43.1 Å². The summed E-state index contributed by atoms with van der Waals surface area (Å²) in [5.41, 5.74) is -0.370. The van der Waals surface area contributed by atoms with Crippen molar-refractivity contribution in [2.45, 2.75) is 38.4 Å². The van der Waals surface area contributed by atoms with Gasteiger partial charge in [-0.2, -0.15) is 0 Å². The van der Waals surface area contributed by atoms with Gasteiger partial charge in [-0.15, -0.1) is 0 Å². The fourth-order valence-electron chi connectivity index (χ4n) is 2.38. The highest BCUT2D eigenvalue weighted by atomic mass is 16.6. The molecule has 1 unspecified atom stereocenters. The number of rotatable bonds is 2. The van der Waals surface area contributed by atoms with E-state index in [2.05, 4.69) is 0 Å². The molecule has 114 valence electrons. The van der Waals surface area contributed by atoms with E-state index in [1.165, 1.54) is 4.90 Å². The molecule has 5 nitrogen and oxygen atoms in total. The molecular weight excluding hydrogens is 270 g/mol. The van der Waals surface area contributed by atoms with Crippen LogP contribution in [-0.4, -0.2) is 41.1 Å². The molecule has 0 radical (unpaired) electrons. The van der Waals surface area contributed by atoms with E-state index in [-0.39, 0.29) is 6.54 Å². The second-order valence-corrected chi connectivity index (χ2v) is 6.42. The number of aldehydes is 1. The van der Waals surface area contributed by atoms with Crippen LogP contribution in [0.15, 0.2) is 24.3 Å². The Hall–Kier alpha value is -1.88. The van der Waals surface area contributed by atoms with Crippen molar-refractivity contribution in [3.8, 4) is 0 Å². The fraction of sp³-hybridized carbons (Fsp3) is 0.500. The third kappa shape index (κ3) is 3.61. The fourth-order valence-corrected chi connectivity index (χ4v) is 2.38. The van der Waals surface area contributed by atoms with E-state index in [9.17, 15) is 14.7 Å². The molecule has 0 bridgehead atoms. The first-order valence-electron chi connectivity index (χ1n) is 6.99. The first-order chi connectivity index (χ1) is 9.73. The van der Waals surface area contributed by atoms with E-state index >= 15 is 0 Å². The summed E-state index contributed by atoms with van der Waals surface area (Å²) in [5, 5.41) is 10.7. The lowest BCUT2D eigenvalue weighted by molar-refractivity contribution is 0.0140. The van der Waals surface area contributed by atoms with E-state index in [1.807, 2.05) is 20.8 Å². The van der Waals surface area contributed by atoms with Crippen LogP contribution in [0.4, 0.5) is 4.79 Å². The minimum absolute atomic E-state index is 0.197. The van der Waals surface area contributed by atoms with Gasteiger partial charge in [0.2, 0.25) is 0 Å². The molecule has 2 rings (SSSR count). The number of carbonyl (C=O) groups excluding carboxylic acids is 2. The van der Waals surface area contributed by atoms with Crippen LogP contribution in [-0.2, 0) is 10.3 Å². The third-order valence-corrected chi connectivity index (χ3v) is 3.48. The van der Waals surface area contributed by atoms with Crippen LogP contribution >= 0.6 is 0 Å². The summed E-state index contributed by atoms with van der Waals surface area (Å²) in [6.07, 6.45) is 0.797. The lowest BCUT2D eigenvalue weighted by atomic mass is 9.92. The summed E-state index contributed by atoms with van der Waals surface area (Å²) in [7, 11) is 0. The Morgan fingerprint density at radius 3 is 2.48 bits per heavy atom. The Morgan fingerprint density at radius 2 is 1.95 bits per heavy atom. The molecule has 1 aliphatic heterocycles. The van der Waals surface area contributed by atoms with Crippen molar-refractivity contribution in [1.29, 1.82) is 0 Å². The summed E-state index contributed by atoms with van der Waals surface area (Å²) >= 11 is 0. The van der Waals surface area contributed by atoms with Gasteiger partial charge in [0.15, 0.2) is 0 Å². The molecule has 1 atom stereocenters. The molecule has 1 heterocycles. The molecule has 0 aliphatic carbocycles. The Kier molecular flexibility index (Phi) is 4.05. The molecule has 1 fully saturated rings. The standard InChI is InChI=1S/C16H21NO4/c1-15(2,3)21-14(19)17-9-8-16(20,11-17)13-6-4-12(10-18)5-7-13/h4-7,10,20H,8-9,11H2,1-3H3. The van der Waals surface area contributed by atoms with Crippen LogP contribution in [0, 0.1) is 0 Å². The summed E-state index contributed by atoms with van der Waals surface area (Å²) < 4.78 is 5.32. The second kappa shape index (κ2) is 5.48. The van der Waals surface area contributed by atoms with Crippen molar-refractivity contribution >= 4 is 12.4 Å². The summed E-state index contributed by atoms with van der Waals surface area (Å²) in [4.78, 5) is 24.2. The maximum atomic E-state index is 12.0. The molecule has 0 aromatic heterocycles. The number of β-amino-alcohol motifs (C(OH)–C–C–N with tert-alkyl or cyclic N) is 1. The first kappa shape index (κ1) is 15.5. The number of amides is 1. The summed E-state index contributed by atoms with van der Waals surface area (Å²) in [5.74, 6) is 0. The topological polar surface area (TPSA) is 66.8 Å². The van der Waals surface area contributed by atoms with Crippen molar-refractivity contribution < 1.29 is 19.4 Å². The van der Waals surface area contributed by atoms with E-state index in [0.29, 0.717) is 24.1 Å². The van der Waals surface area contributed by atoms with Crippen molar-refractivity contribution in [3.05, 3.63) is 35.4 Å². The number of ether oxygens (including phenoxy) is 1. The van der Waals surface area contributed by atoms with Crippen LogP contribution in [0.5, 0.6) is 0 Å². The molecule has 0 spiro atoms. The number of likely N-dealkylation sites (tertiary alicyclic amines) is 1. The van der Waals surface area contributed by atoms with Gasteiger partial charge < -0.3 is 14.7 Å². The van der Waals surface area contributed by atoms with Crippen molar-refractivity contribution in [3.63, 3.8) is 0 Å². The van der Waals surface area contributed by atoms with Crippen molar-refractivity contribution in [1.82, 2.24) is 4.90 Å². The lowest BCUT2D eigenvalue weighted by Gasteiger charge is -2.26. The predicted octanol–water partition coefficient (Wildman–Crippen LogP) is 2.33. The molecule has 1 aromatic carbocycles. The van der Waals surface area contributed by atoms with Gasteiger partial charge in [0.25, 0.3) is 0 Å². The number of hydrogen-bond acceptors (Lipinski definition) is 4. The summed E-state index contributed by atoms with van der Waals surface area (Å²) in [6.45, 7) is 6.07. The van der Waals surface area contributed by atoms with E-state index in [4.69, 9.17) is 4.74 Å². The Morgan fingerprint density at radius 1 is 1.33 bits per heavy atom. The predicted molar refractivity (Wildman–Crippen MR) is 78.2 cm³/mol. The zero-order valence-corrected chi connectivity index (χ0v) is 12.6. The molecule has 1 aliphatic rings. The highest BCUT2D eigenvalue weighted by molar-refractivity contribution is 5.74. The van der Waals surface area contributed by atoms with E-state index in [0.717, 1.165) is 6.29 Å². The van der Waals surface area contributed by atoms with Gasteiger partial charge in [-0.3, -0.25) is 4.79 Å². The smallest absolute Gasteiger partial charge is 0.410 e. The monoisotopic (exact) mass is 291 g/mol. The SMILES string of the molecule is CC(C)(C)OC(=O)N1CCC(O)(c2ccc(C=O)cc2)C1. The van der Waals surface area contributed by atoms with Crippen molar-refractivity contribution in [2.24, 2.45) is 0 Å². The zero-order valence-electron chi connectivity index (χ0n) is 12.6. The van der Waals surface area contributed by atoms with Gasteiger partial charge in [0.05, 0.1) is 6.54 Å². The highest BCUT2D eigenvalue weighted by Crippen LogP contribution is 2.32. The quantitative estimate of drug-likeness (QED) is 0.849. The first-order valence-corrected chi connectivity index (χ1v) is 6.99. The van der Waals surface area contributed by atoms with Gasteiger partial charge in [-0.1, -0.05) is 24.3 Å². The maximum absolute atomic E-state index is 12.0. The number of aliphatic hydroxyl groups is 1. The van der Waals surface area contributed by atoms with Gasteiger partial charge in [0, 0.05) is 12.1 Å². The molecule has 21 heavy (non-hydrogen) atoms. The summed E-state index contributed by atoms with van der Waals surface area (Å²) in [6, 6.07) is 6.78. The minimum Gasteiger partial charge on any atom is -0.444 e. The van der Waals surface area contributed by atoms with Gasteiger partial charge >= 0.3 is 6.09 Å². The average molecular weight is 291 g/mol. The molecule has 1 amide bonds. The maximum Gasteiger partial charge on any atom is 0.410 e. The van der Waals surface area contributed by atoms with Gasteiger partial charge in [0.1, 0.15) is 17.5 Å². The molecular formula is C16H21NO4. The Bertz CT molecular complexity index is 532. The number of carbonyl (C=O) groups is 2. The van der Waals surface area contributed by atoms with E-state index < -0.39 is 17.3 Å².